The molecule has 2 amide bonds. The van der Waals surface area contributed by atoms with Gasteiger partial charge in [-0.25, -0.2) is 4.79 Å². The third-order valence-electron chi connectivity index (χ3n) is 3.23. The molecule has 1 fully saturated rings. The number of aryl methyl sites for hydroxylation is 1. The molecule has 0 spiro atoms. The maximum atomic E-state index is 11.7. The van der Waals surface area contributed by atoms with Gasteiger partial charge in [0.25, 0.3) is 0 Å². The van der Waals surface area contributed by atoms with Gasteiger partial charge in [0.05, 0.1) is 19.2 Å². The summed E-state index contributed by atoms with van der Waals surface area (Å²) in [5.74, 6) is 0. The highest BCUT2D eigenvalue weighted by Gasteiger charge is 2.29. The normalized spacial score (nSPS) is 17.1. The van der Waals surface area contributed by atoms with Crippen LogP contribution in [0, 0.1) is 0 Å². The van der Waals surface area contributed by atoms with Gasteiger partial charge in [-0.3, -0.25) is 0 Å². The summed E-state index contributed by atoms with van der Waals surface area (Å²) in [6.45, 7) is 2.92. The van der Waals surface area contributed by atoms with Crippen LogP contribution in [0.5, 0.6) is 0 Å². The largest absolute Gasteiger partial charge is 0.389 e. The molecule has 0 aromatic heterocycles. The minimum Gasteiger partial charge on any atom is -0.389 e. The zero-order valence-electron chi connectivity index (χ0n) is 10.7. The molecule has 98 valence electrons. The molecule has 0 radical (unpaired) electrons. The predicted octanol–water partition coefficient (Wildman–Crippen LogP) is 1.39. The number of urea groups is 1. The Morgan fingerprint density at radius 1 is 1.44 bits per heavy atom. The van der Waals surface area contributed by atoms with E-state index in [4.69, 9.17) is 5.11 Å². The van der Waals surface area contributed by atoms with E-state index in [1.54, 1.807) is 4.90 Å². The summed E-state index contributed by atoms with van der Waals surface area (Å²) >= 11 is 0. The van der Waals surface area contributed by atoms with Gasteiger partial charge in [0.2, 0.25) is 0 Å². The quantitative estimate of drug-likeness (QED) is 0.846. The lowest BCUT2D eigenvalue weighted by molar-refractivity contribution is 0.0258. The summed E-state index contributed by atoms with van der Waals surface area (Å²) in [6, 6.07) is 10.3. The summed E-state index contributed by atoms with van der Waals surface area (Å²) < 4.78 is 0. The fourth-order valence-corrected chi connectivity index (χ4v) is 2.02. The Morgan fingerprint density at radius 2 is 2.11 bits per heavy atom. The molecule has 0 unspecified atom stereocenters. The van der Waals surface area contributed by atoms with Crippen LogP contribution in [0.3, 0.4) is 0 Å². The number of hydrogen-bond donors (Lipinski definition) is 2. The van der Waals surface area contributed by atoms with Crippen molar-refractivity contribution in [3.8, 4) is 0 Å². The first-order valence-corrected chi connectivity index (χ1v) is 6.42. The molecule has 1 aliphatic rings. The highest BCUT2D eigenvalue weighted by atomic mass is 16.3. The lowest BCUT2D eigenvalue weighted by Crippen LogP contribution is -2.57. The first kappa shape index (κ1) is 12.9. The third kappa shape index (κ3) is 3.47. The molecular formula is C14H20N2O2. The van der Waals surface area contributed by atoms with Crippen LogP contribution < -0.4 is 5.32 Å². The molecule has 1 heterocycles. The molecule has 0 aliphatic carbocycles. The maximum Gasteiger partial charge on any atom is 0.317 e. The number of rotatable bonds is 4. The van der Waals surface area contributed by atoms with Crippen molar-refractivity contribution in [1.29, 1.82) is 0 Å². The van der Waals surface area contributed by atoms with Gasteiger partial charge >= 0.3 is 6.03 Å². The van der Waals surface area contributed by atoms with Gasteiger partial charge in [0.15, 0.2) is 0 Å². The van der Waals surface area contributed by atoms with Crippen molar-refractivity contribution in [2.45, 2.75) is 31.9 Å². The molecule has 4 heteroatoms. The molecular weight excluding hydrogens is 228 g/mol. The standard InChI is InChI=1S/C14H20N2O2/c1-11(7-8-12-5-3-2-4-6-12)15-14(18)16-9-13(17)10-16/h2-6,11,13,17H,7-10H2,1H3,(H,15,18)/t11-/m1/s1. The number of aliphatic hydroxyl groups is 1. The van der Waals surface area contributed by atoms with Crippen LogP contribution >= 0.6 is 0 Å². The number of hydrogen-bond acceptors (Lipinski definition) is 2. The second kappa shape index (κ2) is 5.87. The van der Waals surface area contributed by atoms with Crippen molar-refractivity contribution in [3.63, 3.8) is 0 Å². The van der Waals surface area contributed by atoms with Crippen LogP contribution in [-0.4, -0.2) is 41.3 Å². The SMILES string of the molecule is C[C@H](CCc1ccccc1)NC(=O)N1CC(O)C1. The number of nitrogens with one attached hydrogen (secondary N) is 1. The average molecular weight is 248 g/mol. The maximum absolute atomic E-state index is 11.7. The van der Waals surface area contributed by atoms with Gasteiger partial charge in [-0.05, 0) is 25.3 Å². The first-order valence-electron chi connectivity index (χ1n) is 6.42. The van der Waals surface area contributed by atoms with Crippen LogP contribution in [0.15, 0.2) is 30.3 Å². The van der Waals surface area contributed by atoms with Crippen LogP contribution in [0.4, 0.5) is 4.79 Å². The second-order valence-electron chi connectivity index (χ2n) is 4.93. The van der Waals surface area contributed by atoms with Gasteiger partial charge in [0, 0.05) is 6.04 Å². The zero-order valence-corrected chi connectivity index (χ0v) is 10.7. The van der Waals surface area contributed by atoms with E-state index < -0.39 is 0 Å². The molecule has 1 saturated heterocycles. The average Bonchev–Trinajstić information content (AvgIpc) is 2.34. The Labute approximate surface area is 108 Å². The number of nitrogens with zero attached hydrogens (tertiary/aromatic N) is 1. The minimum atomic E-state index is -0.338. The Morgan fingerprint density at radius 3 is 2.72 bits per heavy atom. The minimum absolute atomic E-state index is 0.0686. The highest BCUT2D eigenvalue weighted by molar-refractivity contribution is 5.75. The lowest BCUT2D eigenvalue weighted by Gasteiger charge is -2.36. The van der Waals surface area contributed by atoms with Gasteiger partial charge in [0.1, 0.15) is 0 Å². The topological polar surface area (TPSA) is 52.6 Å². The van der Waals surface area contributed by atoms with Crippen LogP contribution in [-0.2, 0) is 6.42 Å². The molecule has 1 aliphatic heterocycles. The van der Waals surface area contributed by atoms with Crippen molar-refractivity contribution in [2.24, 2.45) is 0 Å². The van der Waals surface area contributed by atoms with E-state index in [-0.39, 0.29) is 18.2 Å². The van der Waals surface area contributed by atoms with Crippen molar-refractivity contribution in [1.82, 2.24) is 10.2 Å². The highest BCUT2D eigenvalue weighted by Crippen LogP contribution is 2.09. The molecule has 1 atom stereocenters. The van der Waals surface area contributed by atoms with Gasteiger partial charge < -0.3 is 15.3 Å². The van der Waals surface area contributed by atoms with E-state index in [1.807, 2.05) is 25.1 Å². The van der Waals surface area contributed by atoms with Crippen LogP contribution in [0.1, 0.15) is 18.9 Å². The van der Waals surface area contributed by atoms with Crippen molar-refractivity contribution < 1.29 is 9.90 Å². The summed E-state index contributed by atoms with van der Waals surface area (Å²) in [7, 11) is 0. The van der Waals surface area contributed by atoms with E-state index in [1.165, 1.54) is 5.56 Å². The lowest BCUT2D eigenvalue weighted by atomic mass is 10.1. The molecule has 1 aromatic carbocycles. The van der Waals surface area contributed by atoms with Gasteiger partial charge in [-0.2, -0.15) is 0 Å². The molecule has 4 nitrogen and oxygen atoms in total. The number of β-amino-alcohol motifs (C(OH)–C–C–N with tert-alkyl or cyclic N) is 1. The number of carbonyl (C=O) groups excluding carboxylic acids is 1. The van der Waals surface area contributed by atoms with E-state index in [9.17, 15) is 4.79 Å². The Kier molecular flexibility index (Phi) is 4.20. The van der Waals surface area contributed by atoms with E-state index in [2.05, 4.69) is 17.4 Å². The molecule has 0 saturated carbocycles. The number of aliphatic hydroxyl groups excluding tert-OH is 1. The fourth-order valence-electron chi connectivity index (χ4n) is 2.02. The Bertz CT molecular complexity index is 388. The number of carbonyl (C=O) groups is 1. The second-order valence-corrected chi connectivity index (χ2v) is 4.93. The molecule has 2 rings (SSSR count). The summed E-state index contributed by atoms with van der Waals surface area (Å²) in [6.07, 6.45) is 1.55. The van der Waals surface area contributed by atoms with Crippen molar-refractivity contribution in [2.75, 3.05) is 13.1 Å². The fraction of sp³-hybridized carbons (Fsp3) is 0.500. The Balaban J connectivity index is 1.69. The van der Waals surface area contributed by atoms with E-state index >= 15 is 0 Å². The first-order chi connectivity index (χ1) is 8.65. The number of likely N-dealkylation sites (tertiary alicyclic amines) is 1. The zero-order chi connectivity index (χ0) is 13.0. The van der Waals surface area contributed by atoms with Gasteiger partial charge in [-0.1, -0.05) is 30.3 Å². The van der Waals surface area contributed by atoms with E-state index in [0.29, 0.717) is 13.1 Å². The monoisotopic (exact) mass is 248 g/mol. The predicted molar refractivity (Wildman–Crippen MR) is 70.3 cm³/mol. The number of benzene rings is 1. The van der Waals surface area contributed by atoms with Crippen molar-refractivity contribution >= 4 is 6.03 Å². The molecule has 2 N–H and O–H groups in total. The molecule has 18 heavy (non-hydrogen) atoms. The molecule has 0 bridgehead atoms. The van der Waals surface area contributed by atoms with Gasteiger partial charge in [-0.15, -0.1) is 0 Å². The van der Waals surface area contributed by atoms with Crippen molar-refractivity contribution in [3.05, 3.63) is 35.9 Å². The van der Waals surface area contributed by atoms with Crippen LogP contribution in [0.25, 0.3) is 0 Å². The van der Waals surface area contributed by atoms with Crippen LogP contribution in [0.2, 0.25) is 0 Å². The third-order valence-corrected chi connectivity index (χ3v) is 3.23. The summed E-state index contributed by atoms with van der Waals surface area (Å²) in [5.41, 5.74) is 1.29. The Hall–Kier alpha value is -1.55. The summed E-state index contributed by atoms with van der Waals surface area (Å²) in [5, 5.41) is 12.1. The van der Waals surface area contributed by atoms with E-state index in [0.717, 1.165) is 12.8 Å². The molecule has 1 aromatic rings. The summed E-state index contributed by atoms with van der Waals surface area (Å²) in [4.78, 5) is 13.3. The smallest absolute Gasteiger partial charge is 0.317 e. The number of amides is 2.